The van der Waals surface area contributed by atoms with Gasteiger partial charge in [0.25, 0.3) is 0 Å². The number of nitrogens with one attached hydrogen (secondary N) is 1. The van der Waals surface area contributed by atoms with E-state index in [9.17, 15) is 18.0 Å². The molecule has 3 rings (SSSR count). The Hall–Kier alpha value is -3.85. The molecule has 0 fully saturated rings. The predicted molar refractivity (Wildman–Crippen MR) is 168 cm³/mol. The summed E-state index contributed by atoms with van der Waals surface area (Å²) in [6.45, 7) is 6.69. The summed E-state index contributed by atoms with van der Waals surface area (Å²) in [5.41, 5.74) is 4.27. The molecule has 0 heterocycles. The van der Waals surface area contributed by atoms with Crippen LogP contribution < -0.4 is 14.4 Å². The number of aryl methyl sites for hydroxylation is 2. The van der Waals surface area contributed by atoms with E-state index in [1.165, 1.54) is 10.6 Å². The van der Waals surface area contributed by atoms with Gasteiger partial charge in [0.15, 0.2) is 0 Å². The van der Waals surface area contributed by atoms with E-state index in [0.29, 0.717) is 30.8 Å². The molecule has 0 radical (unpaired) electrons. The second-order valence-corrected chi connectivity index (χ2v) is 12.6. The average molecular weight is 594 g/mol. The fourth-order valence-electron chi connectivity index (χ4n) is 4.99. The number of methoxy groups -OCH3 is 1. The number of anilines is 1. The van der Waals surface area contributed by atoms with Gasteiger partial charge in [-0.25, -0.2) is 8.42 Å². The van der Waals surface area contributed by atoms with Gasteiger partial charge in [0.2, 0.25) is 21.8 Å². The van der Waals surface area contributed by atoms with Crippen LogP contribution in [-0.2, 0) is 32.6 Å². The normalized spacial score (nSPS) is 11.9. The summed E-state index contributed by atoms with van der Waals surface area (Å²) in [5, 5.41) is 2.98. The maximum Gasteiger partial charge on any atom is 0.243 e. The molecule has 42 heavy (non-hydrogen) atoms. The van der Waals surface area contributed by atoms with Crippen LogP contribution in [0.25, 0.3) is 0 Å². The van der Waals surface area contributed by atoms with Crippen molar-refractivity contribution in [1.29, 1.82) is 0 Å². The zero-order valence-corrected chi connectivity index (χ0v) is 26.1. The van der Waals surface area contributed by atoms with Gasteiger partial charge in [-0.1, -0.05) is 55.5 Å². The number of sulfonamides is 1. The maximum atomic E-state index is 13.9. The van der Waals surface area contributed by atoms with Crippen LogP contribution in [0.1, 0.15) is 48.4 Å². The molecule has 0 bridgehead atoms. The Balaban J connectivity index is 1.90. The Morgan fingerprint density at radius 1 is 0.929 bits per heavy atom. The van der Waals surface area contributed by atoms with E-state index in [-0.39, 0.29) is 31.3 Å². The fourth-order valence-corrected chi connectivity index (χ4v) is 5.94. The number of hydrogen-bond donors (Lipinski definition) is 1. The molecular weight excluding hydrogens is 550 g/mol. The number of carbonyl (C=O) groups is 2. The molecule has 8 nitrogen and oxygen atoms in total. The Bertz CT molecular complexity index is 1420. The van der Waals surface area contributed by atoms with Crippen molar-refractivity contribution < 1.29 is 22.7 Å². The molecule has 0 aliphatic rings. The lowest BCUT2D eigenvalue weighted by Crippen LogP contribution is -2.50. The molecule has 0 spiro atoms. The van der Waals surface area contributed by atoms with Crippen molar-refractivity contribution in [2.75, 3.05) is 30.8 Å². The predicted octanol–water partition coefficient (Wildman–Crippen LogP) is 5.02. The number of nitrogens with zero attached hydrogens (tertiary/aromatic N) is 2. The third kappa shape index (κ3) is 9.62. The van der Waals surface area contributed by atoms with Gasteiger partial charge in [-0.2, -0.15) is 0 Å². The molecular formula is C33H43N3O5S. The van der Waals surface area contributed by atoms with Crippen molar-refractivity contribution in [2.45, 2.75) is 59.0 Å². The topological polar surface area (TPSA) is 96.0 Å². The van der Waals surface area contributed by atoms with Crippen LogP contribution in [0.2, 0.25) is 0 Å². The Morgan fingerprint density at radius 3 is 2.21 bits per heavy atom. The van der Waals surface area contributed by atoms with E-state index in [1.54, 1.807) is 12.0 Å². The second-order valence-electron chi connectivity index (χ2n) is 10.7. The first-order chi connectivity index (χ1) is 20.0. The lowest BCUT2D eigenvalue weighted by atomic mass is 10.0. The van der Waals surface area contributed by atoms with E-state index in [2.05, 4.69) is 5.32 Å². The van der Waals surface area contributed by atoms with Crippen LogP contribution in [-0.4, -0.2) is 57.6 Å². The Labute approximate surface area is 250 Å². The van der Waals surface area contributed by atoms with Crippen molar-refractivity contribution in [3.05, 3.63) is 95.1 Å². The standard InChI is InChI=1S/C33H43N3O5S/c1-6-17-34-33(38)31(23-27-12-8-7-9-13-27)35(24-28-14-10-15-30(22-28)41-4)32(37)16-11-18-36(42(5,39)40)29-20-25(2)19-26(3)21-29/h7-10,12-15,19-22,31H,6,11,16-18,23-24H2,1-5H3,(H,34,38)/t31-/m0/s1. The maximum absolute atomic E-state index is 13.9. The number of benzene rings is 3. The summed E-state index contributed by atoms with van der Waals surface area (Å²) in [4.78, 5) is 29.1. The van der Waals surface area contributed by atoms with E-state index in [4.69, 9.17) is 4.74 Å². The van der Waals surface area contributed by atoms with Gasteiger partial charge in [0.1, 0.15) is 11.8 Å². The van der Waals surface area contributed by atoms with Crippen LogP contribution in [0.5, 0.6) is 5.75 Å². The van der Waals surface area contributed by atoms with Crippen LogP contribution >= 0.6 is 0 Å². The van der Waals surface area contributed by atoms with Gasteiger partial charge >= 0.3 is 0 Å². The van der Waals surface area contributed by atoms with Crippen molar-refractivity contribution >= 4 is 27.5 Å². The van der Waals surface area contributed by atoms with E-state index >= 15 is 0 Å². The molecule has 3 aromatic rings. The number of hydrogen-bond acceptors (Lipinski definition) is 5. The molecule has 0 aliphatic carbocycles. The van der Waals surface area contributed by atoms with Crippen LogP contribution in [0, 0.1) is 13.8 Å². The molecule has 1 atom stereocenters. The van der Waals surface area contributed by atoms with Crippen LogP contribution in [0.15, 0.2) is 72.8 Å². The molecule has 0 aliphatic heterocycles. The summed E-state index contributed by atoms with van der Waals surface area (Å²) in [6.07, 6.45) is 2.67. The molecule has 226 valence electrons. The van der Waals surface area contributed by atoms with Crippen LogP contribution in [0.3, 0.4) is 0 Å². The molecule has 0 saturated carbocycles. The zero-order chi connectivity index (χ0) is 30.7. The van der Waals surface area contributed by atoms with Crippen molar-refractivity contribution in [3.63, 3.8) is 0 Å². The highest BCUT2D eigenvalue weighted by Crippen LogP contribution is 2.23. The molecule has 0 saturated heterocycles. The van der Waals surface area contributed by atoms with E-state index in [0.717, 1.165) is 28.7 Å². The number of ether oxygens (including phenoxy) is 1. The lowest BCUT2D eigenvalue weighted by Gasteiger charge is -2.32. The molecule has 1 N–H and O–H groups in total. The zero-order valence-electron chi connectivity index (χ0n) is 25.3. The summed E-state index contributed by atoms with van der Waals surface area (Å²) >= 11 is 0. The SMILES string of the molecule is CCCNC(=O)[C@H](Cc1ccccc1)N(Cc1cccc(OC)c1)C(=O)CCCN(c1cc(C)cc(C)c1)S(C)(=O)=O. The second kappa shape index (κ2) is 15.4. The van der Waals surface area contributed by atoms with E-state index in [1.807, 2.05) is 93.6 Å². The third-order valence-corrected chi connectivity index (χ3v) is 8.15. The minimum Gasteiger partial charge on any atom is -0.497 e. The molecule has 3 aromatic carbocycles. The molecule has 0 aromatic heterocycles. The largest absolute Gasteiger partial charge is 0.497 e. The first-order valence-corrected chi connectivity index (χ1v) is 16.2. The number of carbonyl (C=O) groups excluding carboxylic acids is 2. The van der Waals surface area contributed by atoms with Crippen molar-refractivity contribution in [3.8, 4) is 5.75 Å². The number of amides is 2. The fraction of sp³-hybridized carbons (Fsp3) is 0.394. The Kier molecular flexibility index (Phi) is 12.0. The smallest absolute Gasteiger partial charge is 0.243 e. The highest BCUT2D eigenvalue weighted by molar-refractivity contribution is 7.92. The minimum absolute atomic E-state index is 0.0765. The molecule has 0 unspecified atom stereocenters. The molecule has 2 amide bonds. The van der Waals surface area contributed by atoms with Crippen LogP contribution in [0.4, 0.5) is 5.69 Å². The number of rotatable bonds is 15. The monoisotopic (exact) mass is 593 g/mol. The van der Waals surface area contributed by atoms with Gasteiger partial charge in [-0.05, 0) is 73.2 Å². The highest BCUT2D eigenvalue weighted by Gasteiger charge is 2.30. The van der Waals surface area contributed by atoms with Gasteiger partial charge < -0.3 is 15.0 Å². The first-order valence-electron chi connectivity index (χ1n) is 14.3. The summed E-state index contributed by atoms with van der Waals surface area (Å²) in [7, 11) is -1.99. The summed E-state index contributed by atoms with van der Waals surface area (Å²) < 4.78 is 32.2. The van der Waals surface area contributed by atoms with E-state index < -0.39 is 16.1 Å². The lowest BCUT2D eigenvalue weighted by molar-refractivity contribution is -0.141. The van der Waals surface area contributed by atoms with Crippen molar-refractivity contribution in [1.82, 2.24) is 10.2 Å². The van der Waals surface area contributed by atoms with Crippen molar-refractivity contribution in [2.24, 2.45) is 0 Å². The van der Waals surface area contributed by atoms with Gasteiger partial charge in [-0.15, -0.1) is 0 Å². The third-order valence-electron chi connectivity index (χ3n) is 6.95. The first kappa shape index (κ1) is 32.7. The summed E-state index contributed by atoms with van der Waals surface area (Å²) in [5.74, 6) is 0.219. The molecule has 9 heteroatoms. The summed E-state index contributed by atoms with van der Waals surface area (Å²) in [6, 6.07) is 22.0. The minimum atomic E-state index is -3.58. The van der Waals surface area contributed by atoms with Gasteiger partial charge in [-0.3, -0.25) is 13.9 Å². The highest BCUT2D eigenvalue weighted by atomic mass is 32.2. The van der Waals surface area contributed by atoms with Gasteiger partial charge in [0.05, 0.1) is 19.1 Å². The van der Waals surface area contributed by atoms with Gasteiger partial charge in [0, 0.05) is 32.5 Å². The Morgan fingerprint density at radius 2 is 1.60 bits per heavy atom. The average Bonchev–Trinajstić information content (AvgIpc) is 2.95. The quantitative estimate of drug-likeness (QED) is 0.267.